The van der Waals surface area contributed by atoms with E-state index in [0.717, 1.165) is 23.1 Å². The number of methoxy groups -OCH3 is 1. The number of benzene rings is 2. The van der Waals surface area contributed by atoms with Crippen LogP contribution in [0.5, 0.6) is 5.75 Å². The molecule has 1 fully saturated rings. The third-order valence-electron chi connectivity index (χ3n) is 6.80. The van der Waals surface area contributed by atoms with Gasteiger partial charge < -0.3 is 20.1 Å². The van der Waals surface area contributed by atoms with Crippen LogP contribution in [0, 0.1) is 0 Å². The number of amides is 1. The lowest BCUT2D eigenvalue weighted by molar-refractivity contribution is -0.192. The first-order chi connectivity index (χ1) is 18.7. The largest absolute Gasteiger partial charge is 0.497 e. The van der Waals surface area contributed by atoms with Gasteiger partial charge >= 0.3 is 18.3 Å². The minimum absolute atomic E-state index is 0.00774. The molecule has 0 spiro atoms. The molecular formula is C26H24F6N4O4. The molecule has 0 radical (unpaired) electrons. The Hall–Kier alpha value is -4.07. The van der Waals surface area contributed by atoms with Crippen LogP contribution in [0.15, 0.2) is 48.5 Å². The Labute approximate surface area is 224 Å². The minimum Gasteiger partial charge on any atom is -0.497 e. The standard InChI is InChI=1S/C24H23F3N4O2.C2HF3O2/c1-28-23(12-13-23)15-3-5-16(6-4-15)30-14-11-19-20(22(30)32)31(29-21(19)24(25,26)27)17-7-9-18(33-2)10-8-17;3-2(4,5)1(6)7/h3-10,28H,11-14H2,1-2H3;(H,6,7). The molecule has 14 heteroatoms. The van der Waals surface area contributed by atoms with Crippen LogP contribution in [0.1, 0.15) is 40.2 Å². The van der Waals surface area contributed by atoms with E-state index < -0.39 is 29.9 Å². The normalized spacial score (nSPS) is 16.1. The summed E-state index contributed by atoms with van der Waals surface area (Å²) in [5.74, 6) is -2.70. The number of alkyl halides is 6. The third-order valence-corrected chi connectivity index (χ3v) is 6.80. The van der Waals surface area contributed by atoms with Crippen LogP contribution in [0.3, 0.4) is 0 Å². The summed E-state index contributed by atoms with van der Waals surface area (Å²) in [7, 11) is 3.43. The van der Waals surface area contributed by atoms with Gasteiger partial charge in [-0.25, -0.2) is 9.48 Å². The zero-order chi connectivity index (χ0) is 29.5. The fourth-order valence-corrected chi connectivity index (χ4v) is 4.51. The zero-order valence-corrected chi connectivity index (χ0v) is 21.2. The molecule has 5 rings (SSSR count). The highest BCUT2D eigenvalue weighted by Gasteiger charge is 2.44. The number of aromatic nitrogens is 2. The van der Waals surface area contributed by atoms with Crippen molar-refractivity contribution in [3.8, 4) is 11.4 Å². The number of aliphatic carboxylic acids is 1. The van der Waals surface area contributed by atoms with E-state index in [2.05, 4.69) is 10.4 Å². The maximum Gasteiger partial charge on any atom is 0.490 e. The molecule has 214 valence electrons. The second-order valence-electron chi connectivity index (χ2n) is 9.17. The van der Waals surface area contributed by atoms with Gasteiger partial charge in [-0.05, 0) is 68.3 Å². The van der Waals surface area contributed by atoms with E-state index in [1.165, 1.54) is 12.0 Å². The molecule has 2 heterocycles. The summed E-state index contributed by atoms with van der Waals surface area (Å²) in [6.07, 6.45) is -7.57. The Bertz CT molecular complexity index is 1390. The monoisotopic (exact) mass is 570 g/mol. The molecule has 2 aliphatic rings. The predicted octanol–water partition coefficient (Wildman–Crippen LogP) is 4.94. The van der Waals surface area contributed by atoms with Crippen molar-refractivity contribution in [2.45, 2.75) is 37.2 Å². The molecule has 0 bridgehead atoms. The van der Waals surface area contributed by atoms with Gasteiger partial charge in [0.2, 0.25) is 0 Å². The number of ether oxygens (including phenoxy) is 1. The zero-order valence-electron chi connectivity index (χ0n) is 21.2. The Morgan fingerprint density at radius 3 is 2.00 bits per heavy atom. The SMILES string of the molecule is CNC1(c2ccc(N3CCc4c(C(F)(F)F)nn(-c5ccc(OC)cc5)c4C3=O)cc2)CC1.O=C(O)C(F)(F)F. The molecule has 1 saturated carbocycles. The molecule has 8 nitrogen and oxygen atoms in total. The van der Waals surface area contributed by atoms with Crippen LogP contribution >= 0.6 is 0 Å². The van der Waals surface area contributed by atoms with Crippen LogP contribution in [0.25, 0.3) is 5.69 Å². The van der Waals surface area contributed by atoms with E-state index in [0.29, 0.717) is 17.1 Å². The second-order valence-corrected chi connectivity index (χ2v) is 9.17. The number of carbonyl (C=O) groups excluding carboxylic acids is 1. The van der Waals surface area contributed by atoms with E-state index in [-0.39, 0.29) is 29.8 Å². The number of hydrogen-bond acceptors (Lipinski definition) is 5. The number of fused-ring (bicyclic) bond motifs is 1. The smallest absolute Gasteiger partial charge is 0.490 e. The van der Waals surface area contributed by atoms with Crippen LogP contribution in [0.4, 0.5) is 32.0 Å². The fourth-order valence-electron chi connectivity index (χ4n) is 4.51. The molecule has 3 aromatic rings. The molecule has 2 aromatic carbocycles. The Morgan fingerprint density at radius 2 is 1.55 bits per heavy atom. The van der Waals surface area contributed by atoms with E-state index in [9.17, 15) is 31.1 Å². The summed E-state index contributed by atoms with van der Waals surface area (Å²) >= 11 is 0. The molecule has 1 aliphatic heterocycles. The lowest BCUT2D eigenvalue weighted by Gasteiger charge is -2.28. The van der Waals surface area contributed by atoms with Crippen molar-refractivity contribution in [3.63, 3.8) is 0 Å². The van der Waals surface area contributed by atoms with Gasteiger partial charge in [0.1, 0.15) is 11.4 Å². The highest BCUT2D eigenvalue weighted by molar-refractivity contribution is 6.07. The van der Waals surface area contributed by atoms with Gasteiger partial charge in [0, 0.05) is 23.3 Å². The number of rotatable bonds is 5. The lowest BCUT2D eigenvalue weighted by atomic mass is 10.0. The van der Waals surface area contributed by atoms with Crippen molar-refractivity contribution >= 4 is 17.6 Å². The van der Waals surface area contributed by atoms with Gasteiger partial charge in [0.05, 0.1) is 12.8 Å². The van der Waals surface area contributed by atoms with Crippen molar-refractivity contribution in [2.75, 3.05) is 25.6 Å². The molecule has 0 unspecified atom stereocenters. The van der Waals surface area contributed by atoms with E-state index in [4.69, 9.17) is 14.6 Å². The van der Waals surface area contributed by atoms with E-state index in [1.54, 1.807) is 24.3 Å². The maximum absolute atomic E-state index is 13.7. The molecular weight excluding hydrogens is 546 g/mol. The van der Waals surface area contributed by atoms with Crippen molar-refractivity contribution < 1.29 is 45.8 Å². The number of carbonyl (C=O) groups is 2. The van der Waals surface area contributed by atoms with Gasteiger partial charge in [-0.3, -0.25) is 4.79 Å². The van der Waals surface area contributed by atoms with Crippen LogP contribution < -0.4 is 15.0 Å². The van der Waals surface area contributed by atoms with Gasteiger partial charge in [0.25, 0.3) is 5.91 Å². The molecule has 0 atom stereocenters. The van der Waals surface area contributed by atoms with Crippen LogP contribution in [-0.2, 0) is 22.9 Å². The van der Waals surface area contributed by atoms with Crippen molar-refractivity contribution in [2.24, 2.45) is 0 Å². The van der Waals surface area contributed by atoms with Gasteiger partial charge in [-0.15, -0.1) is 0 Å². The number of nitrogens with zero attached hydrogens (tertiary/aromatic N) is 3. The van der Waals surface area contributed by atoms with Crippen molar-refractivity contribution in [3.05, 3.63) is 71.0 Å². The molecule has 1 amide bonds. The number of hydrogen-bond donors (Lipinski definition) is 2. The Morgan fingerprint density at radius 1 is 1.00 bits per heavy atom. The number of carboxylic acids is 1. The predicted molar refractivity (Wildman–Crippen MR) is 131 cm³/mol. The number of carboxylic acid groups (broad SMARTS) is 1. The van der Waals surface area contributed by atoms with Crippen molar-refractivity contribution in [1.82, 2.24) is 15.1 Å². The molecule has 2 N–H and O–H groups in total. The van der Waals surface area contributed by atoms with Gasteiger partial charge in [0.15, 0.2) is 5.69 Å². The average Bonchev–Trinajstić information content (AvgIpc) is 3.61. The summed E-state index contributed by atoms with van der Waals surface area (Å²) in [5.41, 5.74) is 1.00. The summed E-state index contributed by atoms with van der Waals surface area (Å²) in [4.78, 5) is 23.9. The molecule has 1 aliphatic carbocycles. The third kappa shape index (κ3) is 5.62. The second kappa shape index (κ2) is 10.5. The highest BCUT2D eigenvalue weighted by atomic mass is 19.4. The van der Waals surface area contributed by atoms with E-state index >= 15 is 0 Å². The summed E-state index contributed by atoms with van der Waals surface area (Å²) in [6.45, 7) is 0.153. The number of anilines is 1. The van der Waals surface area contributed by atoms with E-state index in [1.807, 2.05) is 31.3 Å². The van der Waals surface area contributed by atoms with Crippen molar-refractivity contribution in [1.29, 1.82) is 0 Å². The maximum atomic E-state index is 13.7. The van der Waals surface area contributed by atoms with Gasteiger partial charge in [-0.1, -0.05) is 12.1 Å². The molecule has 1 aromatic heterocycles. The first-order valence-electron chi connectivity index (χ1n) is 12.0. The summed E-state index contributed by atoms with van der Waals surface area (Å²) in [5, 5.41) is 14.3. The number of nitrogens with one attached hydrogen (secondary N) is 1. The first-order valence-corrected chi connectivity index (χ1v) is 12.0. The highest BCUT2D eigenvalue weighted by Crippen LogP contribution is 2.45. The first kappa shape index (κ1) is 28.9. The number of halogens is 6. The minimum atomic E-state index is -5.08. The average molecular weight is 570 g/mol. The summed E-state index contributed by atoms with van der Waals surface area (Å²) in [6, 6.07) is 14.1. The van der Waals surface area contributed by atoms with Crippen LogP contribution in [0.2, 0.25) is 0 Å². The summed E-state index contributed by atoms with van der Waals surface area (Å²) < 4.78 is 79.2. The van der Waals surface area contributed by atoms with Gasteiger partial charge in [-0.2, -0.15) is 31.4 Å². The Balaban J connectivity index is 0.000000470. The fraction of sp³-hybridized carbons (Fsp3) is 0.346. The topological polar surface area (TPSA) is 96.7 Å². The van der Waals surface area contributed by atoms with Crippen LogP contribution in [-0.4, -0.2) is 53.6 Å². The molecule has 0 saturated heterocycles. The Kier molecular flexibility index (Phi) is 7.58. The lowest BCUT2D eigenvalue weighted by Crippen LogP contribution is -2.39. The molecule has 40 heavy (non-hydrogen) atoms. The quantitative estimate of drug-likeness (QED) is 0.422.